The lowest BCUT2D eigenvalue weighted by molar-refractivity contribution is 0.472. The van der Waals surface area contributed by atoms with Gasteiger partial charge >= 0.3 is 0 Å². The molecule has 1 atom stereocenters. The summed E-state index contributed by atoms with van der Waals surface area (Å²) in [5.41, 5.74) is 5.71. The van der Waals surface area contributed by atoms with Gasteiger partial charge in [-0.25, -0.2) is 8.78 Å². The highest BCUT2D eigenvalue weighted by molar-refractivity contribution is 5.52. The molecule has 0 saturated heterocycles. The van der Waals surface area contributed by atoms with E-state index in [1.165, 1.54) is 0 Å². The molecule has 0 fully saturated rings. The van der Waals surface area contributed by atoms with E-state index in [1.807, 2.05) is 0 Å². The number of benzene rings is 1. The molecule has 2 aromatic rings. The van der Waals surface area contributed by atoms with Crippen molar-refractivity contribution in [1.29, 1.82) is 0 Å². The molecule has 0 bridgehead atoms. The minimum Gasteiger partial charge on any atom is -0.419 e. The first-order valence-electron chi connectivity index (χ1n) is 4.61. The maximum Gasteiger partial charge on any atom is 0.248 e. The fourth-order valence-electron chi connectivity index (χ4n) is 1.21. The Morgan fingerprint density at radius 3 is 2.31 bits per heavy atom. The zero-order valence-electron chi connectivity index (χ0n) is 8.45. The molecule has 4 nitrogen and oxygen atoms in total. The van der Waals surface area contributed by atoms with Crippen LogP contribution in [-0.2, 0) is 0 Å². The van der Waals surface area contributed by atoms with Crippen molar-refractivity contribution in [3.63, 3.8) is 0 Å². The van der Waals surface area contributed by atoms with Crippen LogP contribution in [0, 0.1) is 11.6 Å². The molecule has 16 heavy (non-hydrogen) atoms. The third-order valence-electron chi connectivity index (χ3n) is 1.94. The highest BCUT2D eigenvalue weighted by Gasteiger charge is 2.13. The lowest BCUT2D eigenvalue weighted by atomic mass is 10.2. The van der Waals surface area contributed by atoms with Crippen molar-refractivity contribution in [3.05, 3.63) is 35.7 Å². The maximum atomic E-state index is 12.9. The van der Waals surface area contributed by atoms with Crippen LogP contribution >= 0.6 is 0 Å². The second-order valence-corrected chi connectivity index (χ2v) is 3.39. The van der Waals surface area contributed by atoms with Crippen molar-refractivity contribution in [2.75, 3.05) is 0 Å². The summed E-state index contributed by atoms with van der Waals surface area (Å²) in [6.45, 7) is 1.67. The number of halogens is 2. The standard InChI is InChI=1S/C10H9F2N3O/c1-5(13)9-14-15-10(16-9)6-2-7(11)4-8(12)3-6/h2-5H,13H2,1H3. The number of rotatable bonds is 2. The molecule has 1 aromatic carbocycles. The monoisotopic (exact) mass is 225 g/mol. The number of hydrogen-bond donors (Lipinski definition) is 1. The number of hydrogen-bond acceptors (Lipinski definition) is 4. The van der Waals surface area contributed by atoms with E-state index in [-0.39, 0.29) is 17.3 Å². The van der Waals surface area contributed by atoms with Gasteiger partial charge in [-0.3, -0.25) is 0 Å². The molecule has 84 valence electrons. The molecule has 2 N–H and O–H groups in total. The second kappa shape index (κ2) is 3.97. The van der Waals surface area contributed by atoms with E-state index >= 15 is 0 Å². The minimum atomic E-state index is -0.699. The highest BCUT2D eigenvalue weighted by Crippen LogP contribution is 2.21. The first-order chi connectivity index (χ1) is 7.56. The number of nitrogens with two attached hydrogens (primary N) is 1. The summed E-state index contributed by atoms with van der Waals surface area (Å²) in [6, 6.07) is 2.58. The molecule has 0 radical (unpaired) electrons. The lowest BCUT2D eigenvalue weighted by Gasteiger charge is -1.97. The summed E-state index contributed by atoms with van der Waals surface area (Å²) in [5, 5.41) is 7.32. The van der Waals surface area contributed by atoms with E-state index < -0.39 is 17.7 Å². The van der Waals surface area contributed by atoms with Crippen molar-refractivity contribution < 1.29 is 13.2 Å². The van der Waals surface area contributed by atoms with Crippen LogP contribution in [0.4, 0.5) is 8.78 Å². The molecule has 1 heterocycles. The van der Waals surface area contributed by atoms with Crippen molar-refractivity contribution in [3.8, 4) is 11.5 Å². The van der Waals surface area contributed by atoms with Crippen LogP contribution in [0.1, 0.15) is 18.9 Å². The van der Waals surface area contributed by atoms with E-state index in [1.54, 1.807) is 6.92 Å². The fraction of sp³-hybridized carbons (Fsp3) is 0.200. The molecule has 0 amide bonds. The average molecular weight is 225 g/mol. The summed E-state index contributed by atoms with van der Waals surface area (Å²) >= 11 is 0. The summed E-state index contributed by atoms with van der Waals surface area (Å²) in [6.07, 6.45) is 0. The van der Waals surface area contributed by atoms with Gasteiger partial charge in [-0.2, -0.15) is 0 Å². The lowest BCUT2D eigenvalue weighted by Crippen LogP contribution is -2.04. The van der Waals surface area contributed by atoms with Gasteiger partial charge in [0.05, 0.1) is 6.04 Å². The van der Waals surface area contributed by atoms with E-state index in [9.17, 15) is 8.78 Å². The van der Waals surface area contributed by atoms with E-state index in [4.69, 9.17) is 10.2 Å². The first kappa shape index (κ1) is 10.7. The second-order valence-electron chi connectivity index (χ2n) is 3.39. The average Bonchev–Trinajstić information content (AvgIpc) is 2.64. The van der Waals surface area contributed by atoms with Gasteiger partial charge < -0.3 is 10.2 Å². The predicted molar refractivity (Wildman–Crippen MR) is 52.3 cm³/mol. The van der Waals surface area contributed by atoms with Crippen LogP contribution in [-0.4, -0.2) is 10.2 Å². The van der Waals surface area contributed by atoms with E-state index in [0.717, 1.165) is 18.2 Å². The smallest absolute Gasteiger partial charge is 0.248 e. The van der Waals surface area contributed by atoms with Crippen molar-refractivity contribution in [2.45, 2.75) is 13.0 Å². The molecule has 1 aromatic heterocycles. The van der Waals surface area contributed by atoms with Gasteiger partial charge in [0, 0.05) is 11.6 Å². The van der Waals surface area contributed by atoms with Crippen LogP contribution in [0.2, 0.25) is 0 Å². The Labute approximate surface area is 90.1 Å². The summed E-state index contributed by atoms with van der Waals surface area (Å²) in [5.74, 6) is -1.13. The molecule has 1 unspecified atom stereocenters. The van der Waals surface area contributed by atoms with Crippen molar-refractivity contribution >= 4 is 0 Å². The normalized spacial score (nSPS) is 12.8. The Balaban J connectivity index is 2.42. The van der Waals surface area contributed by atoms with Gasteiger partial charge in [0.2, 0.25) is 11.8 Å². The largest absolute Gasteiger partial charge is 0.419 e. The van der Waals surface area contributed by atoms with Gasteiger partial charge in [0.25, 0.3) is 0 Å². The molecule has 6 heteroatoms. The topological polar surface area (TPSA) is 64.9 Å². The zero-order valence-corrected chi connectivity index (χ0v) is 8.45. The molecule has 0 spiro atoms. The predicted octanol–water partition coefficient (Wildman–Crippen LogP) is 2.03. The van der Waals surface area contributed by atoms with Crippen molar-refractivity contribution in [1.82, 2.24) is 10.2 Å². The minimum absolute atomic E-state index is 0.0469. The number of aromatic nitrogens is 2. The highest BCUT2D eigenvalue weighted by atomic mass is 19.1. The molecule has 0 aliphatic heterocycles. The first-order valence-corrected chi connectivity index (χ1v) is 4.61. The Bertz CT molecular complexity index is 490. The van der Waals surface area contributed by atoms with E-state index in [0.29, 0.717) is 0 Å². The fourth-order valence-corrected chi connectivity index (χ4v) is 1.21. The van der Waals surface area contributed by atoms with Gasteiger partial charge in [-0.1, -0.05) is 0 Å². The number of nitrogens with zero attached hydrogens (tertiary/aromatic N) is 2. The van der Waals surface area contributed by atoms with Crippen molar-refractivity contribution in [2.24, 2.45) is 5.73 Å². The van der Waals surface area contributed by atoms with Gasteiger partial charge in [0.15, 0.2) is 0 Å². The van der Waals surface area contributed by atoms with Gasteiger partial charge in [0.1, 0.15) is 11.6 Å². The Morgan fingerprint density at radius 2 is 1.81 bits per heavy atom. The molecule has 0 aliphatic carbocycles. The molecule has 0 aliphatic rings. The van der Waals surface area contributed by atoms with Gasteiger partial charge in [-0.15, -0.1) is 10.2 Å². The summed E-state index contributed by atoms with van der Waals surface area (Å²) in [7, 11) is 0. The summed E-state index contributed by atoms with van der Waals surface area (Å²) in [4.78, 5) is 0. The third-order valence-corrected chi connectivity index (χ3v) is 1.94. The molecule has 2 rings (SSSR count). The quantitative estimate of drug-likeness (QED) is 0.849. The SMILES string of the molecule is CC(N)c1nnc(-c2cc(F)cc(F)c2)o1. The van der Waals surface area contributed by atoms with Crippen LogP contribution in [0.3, 0.4) is 0 Å². The zero-order chi connectivity index (χ0) is 11.7. The Hall–Kier alpha value is -1.82. The Morgan fingerprint density at radius 1 is 1.19 bits per heavy atom. The van der Waals surface area contributed by atoms with Crippen LogP contribution in [0.15, 0.2) is 22.6 Å². The van der Waals surface area contributed by atoms with Crippen LogP contribution in [0.5, 0.6) is 0 Å². The molecular weight excluding hydrogens is 216 g/mol. The molecule has 0 saturated carbocycles. The van der Waals surface area contributed by atoms with Crippen LogP contribution < -0.4 is 5.73 Å². The van der Waals surface area contributed by atoms with Crippen LogP contribution in [0.25, 0.3) is 11.5 Å². The maximum absolute atomic E-state index is 12.9. The molecular formula is C10H9F2N3O. The third kappa shape index (κ3) is 2.06. The van der Waals surface area contributed by atoms with Gasteiger partial charge in [-0.05, 0) is 19.1 Å². The summed E-state index contributed by atoms with van der Waals surface area (Å²) < 4.78 is 31.0. The Kier molecular flexibility index (Phi) is 2.66. The van der Waals surface area contributed by atoms with E-state index in [2.05, 4.69) is 10.2 Å².